The Morgan fingerprint density at radius 2 is 1.86 bits per heavy atom. The van der Waals surface area contributed by atoms with Crippen LogP contribution in [-0.4, -0.2) is 62.4 Å². The largest absolute Gasteiger partial charge is 0.329 e. The summed E-state index contributed by atoms with van der Waals surface area (Å²) in [7, 11) is -3.39. The molecule has 0 spiro atoms. The summed E-state index contributed by atoms with van der Waals surface area (Å²) < 4.78 is 29.7. The zero-order valence-corrected chi connectivity index (χ0v) is 13.9. The minimum atomic E-state index is -3.39. The molecule has 1 unspecified atom stereocenters. The molecule has 2 fully saturated rings. The van der Waals surface area contributed by atoms with Crippen LogP contribution in [0.1, 0.15) is 45.4 Å². The average Bonchev–Trinajstić information content (AvgIpc) is 2.49. The Kier molecular flexibility index (Phi) is 6.43. The molecule has 0 radical (unpaired) electrons. The molecule has 2 aliphatic heterocycles. The van der Waals surface area contributed by atoms with Crippen LogP contribution in [0, 0.1) is 0 Å². The molecule has 0 aliphatic carbocycles. The maximum Gasteiger partial charge on any atom is 0.279 e. The lowest BCUT2D eigenvalue weighted by molar-refractivity contribution is 0.203. The number of likely N-dealkylation sites (tertiary alicyclic amines) is 1. The fourth-order valence-electron chi connectivity index (χ4n) is 3.39. The van der Waals surface area contributed by atoms with E-state index in [1.165, 1.54) is 0 Å². The Morgan fingerprint density at radius 1 is 1.14 bits per heavy atom. The van der Waals surface area contributed by atoms with Crippen molar-refractivity contribution >= 4 is 10.2 Å². The normalized spacial score (nSPS) is 27.0. The first-order chi connectivity index (χ1) is 10.1. The highest BCUT2D eigenvalue weighted by Gasteiger charge is 2.33. The van der Waals surface area contributed by atoms with Gasteiger partial charge in [0.15, 0.2) is 0 Å². The number of hydrogen-bond donors (Lipinski definition) is 2. The zero-order valence-electron chi connectivity index (χ0n) is 13.1. The number of nitrogens with two attached hydrogens (primary N) is 1. The molecule has 6 nitrogen and oxygen atoms in total. The molecule has 2 aliphatic rings. The van der Waals surface area contributed by atoms with Crippen LogP contribution in [0.15, 0.2) is 0 Å². The van der Waals surface area contributed by atoms with Crippen LogP contribution in [-0.2, 0) is 10.2 Å². The summed E-state index contributed by atoms with van der Waals surface area (Å²) in [6.07, 6.45) is 5.85. The smallest absolute Gasteiger partial charge is 0.279 e. The first-order valence-electron chi connectivity index (χ1n) is 8.28. The molecule has 1 atom stereocenters. The molecule has 7 heteroatoms. The first-order valence-corrected chi connectivity index (χ1v) is 9.72. The van der Waals surface area contributed by atoms with Crippen LogP contribution in [0.2, 0.25) is 0 Å². The molecule has 0 saturated carbocycles. The van der Waals surface area contributed by atoms with Gasteiger partial charge >= 0.3 is 0 Å². The SMILES string of the molecule is CCCN1CCC(NS(=O)(=O)N2CCCCC2CN)CC1. The predicted molar refractivity (Wildman–Crippen MR) is 85.2 cm³/mol. The molecule has 2 saturated heterocycles. The standard InChI is InChI=1S/C14H30N4O2S/c1-2-8-17-10-6-13(7-11-17)16-21(19,20)18-9-4-3-5-14(18)12-15/h13-14,16H,2-12,15H2,1H3. The van der Waals surface area contributed by atoms with Crippen LogP contribution >= 0.6 is 0 Å². The fourth-order valence-corrected chi connectivity index (χ4v) is 5.14. The van der Waals surface area contributed by atoms with E-state index in [1.807, 2.05) is 0 Å². The van der Waals surface area contributed by atoms with Gasteiger partial charge in [-0.1, -0.05) is 13.3 Å². The van der Waals surface area contributed by atoms with E-state index in [1.54, 1.807) is 4.31 Å². The van der Waals surface area contributed by atoms with Crippen LogP contribution in [0.3, 0.4) is 0 Å². The molecule has 124 valence electrons. The summed E-state index contributed by atoms with van der Waals surface area (Å²) in [6, 6.07) is 0.0416. The molecule has 2 heterocycles. The second-order valence-electron chi connectivity index (χ2n) is 6.23. The summed E-state index contributed by atoms with van der Waals surface area (Å²) in [5, 5.41) is 0. The van der Waals surface area contributed by atoms with Crippen molar-refractivity contribution in [3.63, 3.8) is 0 Å². The van der Waals surface area contributed by atoms with Gasteiger partial charge in [0, 0.05) is 25.2 Å². The molecule has 0 bridgehead atoms. The van der Waals surface area contributed by atoms with Crippen molar-refractivity contribution in [2.75, 3.05) is 32.7 Å². The zero-order chi connectivity index (χ0) is 15.3. The lowest BCUT2D eigenvalue weighted by Crippen LogP contribution is -2.55. The van der Waals surface area contributed by atoms with Crippen LogP contribution in [0.25, 0.3) is 0 Å². The van der Waals surface area contributed by atoms with Crippen LogP contribution in [0.5, 0.6) is 0 Å². The van der Waals surface area contributed by atoms with E-state index in [0.717, 1.165) is 58.2 Å². The first kappa shape index (κ1) is 17.1. The highest BCUT2D eigenvalue weighted by molar-refractivity contribution is 7.87. The van der Waals surface area contributed by atoms with E-state index in [2.05, 4.69) is 16.5 Å². The third-order valence-electron chi connectivity index (χ3n) is 4.60. The van der Waals surface area contributed by atoms with E-state index < -0.39 is 10.2 Å². The molecule has 3 N–H and O–H groups in total. The van der Waals surface area contributed by atoms with E-state index in [0.29, 0.717) is 13.1 Å². The van der Waals surface area contributed by atoms with E-state index in [9.17, 15) is 8.42 Å². The average molecular weight is 318 g/mol. The van der Waals surface area contributed by atoms with Gasteiger partial charge in [-0.2, -0.15) is 17.4 Å². The predicted octanol–water partition coefficient (Wildman–Crippen LogP) is 0.508. The van der Waals surface area contributed by atoms with Gasteiger partial charge in [0.25, 0.3) is 10.2 Å². The van der Waals surface area contributed by atoms with Gasteiger partial charge in [-0.25, -0.2) is 0 Å². The Bertz CT molecular complexity index is 407. The van der Waals surface area contributed by atoms with Gasteiger partial charge < -0.3 is 10.6 Å². The number of rotatable bonds is 6. The number of piperidine rings is 2. The quantitative estimate of drug-likeness (QED) is 0.748. The van der Waals surface area contributed by atoms with Crippen molar-refractivity contribution in [2.24, 2.45) is 5.73 Å². The second-order valence-corrected chi connectivity index (χ2v) is 7.89. The molecule has 0 aromatic heterocycles. The van der Waals surface area contributed by atoms with E-state index in [-0.39, 0.29) is 12.1 Å². The van der Waals surface area contributed by atoms with Crippen LogP contribution < -0.4 is 10.5 Å². The topological polar surface area (TPSA) is 78.7 Å². The Hall–Kier alpha value is -0.210. The maximum absolute atomic E-state index is 12.6. The monoisotopic (exact) mass is 318 g/mol. The van der Waals surface area contributed by atoms with Gasteiger partial charge in [0.1, 0.15) is 0 Å². The van der Waals surface area contributed by atoms with Crippen molar-refractivity contribution in [3.05, 3.63) is 0 Å². The lowest BCUT2D eigenvalue weighted by atomic mass is 10.1. The molecule has 0 amide bonds. The Labute approximate surface area is 129 Å². The Balaban J connectivity index is 1.89. The molecule has 2 rings (SSSR count). The number of nitrogens with zero attached hydrogens (tertiary/aromatic N) is 2. The molecule has 21 heavy (non-hydrogen) atoms. The summed E-state index contributed by atoms with van der Waals surface area (Å²) >= 11 is 0. The van der Waals surface area contributed by atoms with Gasteiger partial charge in [0.2, 0.25) is 0 Å². The number of hydrogen-bond acceptors (Lipinski definition) is 4. The molecule has 0 aromatic carbocycles. The molecular formula is C14H30N4O2S. The summed E-state index contributed by atoms with van der Waals surface area (Å²) in [6.45, 7) is 6.28. The van der Waals surface area contributed by atoms with Crippen molar-refractivity contribution in [3.8, 4) is 0 Å². The third kappa shape index (κ3) is 4.63. The highest BCUT2D eigenvalue weighted by Crippen LogP contribution is 2.20. The lowest BCUT2D eigenvalue weighted by Gasteiger charge is -2.37. The summed E-state index contributed by atoms with van der Waals surface area (Å²) in [5.74, 6) is 0. The molecule has 0 aromatic rings. The number of nitrogens with one attached hydrogen (secondary N) is 1. The van der Waals surface area contributed by atoms with Crippen molar-refractivity contribution in [1.29, 1.82) is 0 Å². The van der Waals surface area contributed by atoms with E-state index >= 15 is 0 Å². The van der Waals surface area contributed by atoms with Gasteiger partial charge in [-0.15, -0.1) is 0 Å². The van der Waals surface area contributed by atoms with E-state index in [4.69, 9.17) is 5.73 Å². The van der Waals surface area contributed by atoms with Crippen LogP contribution in [0.4, 0.5) is 0 Å². The van der Waals surface area contributed by atoms with Gasteiger partial charge in [-0.05, 0) is 51.7 Å². The summed E-state index contributed by atoms with van der Waals surface area (Å²) in [4.78, 5) is 2.41. The summed E-state index contributed by atoms with van der Waals surface area (Å²) in [5.41, 5.74) is 5.73. The highest BCUT2D eigenvalue weighted by atomic mass is 32.2. The third-order valence-corrected chi connectivity index (χ3v) is 6.33. The Morgan fingerprint density at radius 3 is 2.48 bits per heavy atom. The van der Waals surface area contributed by atoms with Gasteiger partial charge in [-0.3, -0.25) is 0 Å². The minimum Gasteiger partial charge on any atom is -0.329 e. The van der Waals surface area contributed by atoms with Crippen molar-refractivity contribution in [2.45, 2.75) is 57.5 Å². The van der Waals surface area contributed by atoms with Crippen molar-refractivity contribution < 1.29 is 8.42 Å². The second kappa shape index (κ2) is 7.87. The fraction of sp³-hybridized carbons (Fsp3) is 1.00. The minimum absolute atomic E-state index is 0.0311. The van der Waals surface area contributed by atoms with Gasteiger partial charge in [0.05, 0.1) is 0 Å². The van der Waals surface area contributed by atoms with Crippen molar-refractivity contribution in [1.82, 2.24) is 13.9 Å². The maximum atomic E-state index is 12.6. The molecular weight excluding hydrogens is 288 g/mol.